The second-order valence-corrected chi connectivity index (χ2v) is 5.74. The lowest BCUT2D eigenvalue weighted by Gasteiger charge is -2.16. The maximum atomic E-state index is 6.21. The molecule has 2 rings (SSSR count). The first-order valence-electron chi connectivity index (χ1n) is 6.23. The topological polar surface area (TPSA) is 0 Å². The summed E-state index contributed by atoms with van der Waals surface area (Å²) in [5, 5.41) is 1.44. The minimum Gasteiger partial charge on any atom is -0.126 e. The Morgan fingerprint density at radius 2 is 1.42 bits per heavy atom. The number of halogens is 3. The van der Waals surface area contributed by atoms with E-state index in [4.69, 9.17) is 34.8 Å². The summed E-state index contributed by atoms with van der Waals surface area (Å²) in [5.41, 5.74) is 2.28. The average Bonchev–Trinajstić information content (AvgIpc) is 2.43. The van der Waals surface area contributed by atoms with E-state index < -0.39 is 0 Å². The Hall–Kier alpha value is -0.690. The summed E-state index contributed by atoms with van der Waals surface area (Å²) in [5.74, 6) is 0.928. The Labute approximate surface area is 129 Å². The maximum absolute atomic E-state index is 6.21. The Bertz CT molecular complexity index is 503. The molecule has 0 aliphatic rings. The molecule has 0 aliphatic heterocycles. The number of benzene rings is 2. The number of rotatable bonds is 5. The van der Waals surface area contributed by atoms with E-state index in [9.17, 15) is 0 Å². The van der Waals surface area contributed by atoms with Gasteiger partial charge in [0.25, 0.3) is 0 Å². The van der Waals surface area contributed by atoms with Crippen molar-refractivity contribution in [1.82, 2.24) is 0 Å². The van der Waals surface area contributed by atoms with Crippen molar-refractivity contribution < 1.29 is 0 Å². The Morgan fingerprint density at radius 1 is 0.789 bits per heavy atom. The molecule has 0 bridgehead atoms. The van der Waals surface area contributed by atoms with Crippen LogP contribution in [0, 0.1) is 5.92 Å². The number of hydrogen-bond acceptors (Lipinski definition) is 0. The Balaban J connectivity index is 2.11. The summed E-state index contributed by atoms with van der Waals surface area (Å²) in [4.78, 5) is 0. The van der Waals surface area contributed by atoms with Crippen molar-refractivity contribution in [1.29, 1.82) is 0 Å². The zero-order chi connectivity index (χ0) is 13.7. The monoisotopic (exact) mass is 312 g/mol. The summed E-state index contributed by atoms with van der Waals surface area (Å²) in [6.45, 7) is 0. The van der Waals surface area contributed by atoms with E-state index in [1.807, 2.05) is 36.4 Å². The van der Waals surface area contributed by atoms with Crippen LogP contribution in [0.15, 0.2) is 48.5 Å². The third-order valence-corrected chi connectivity index (χ3v) is 4.28. The first-order chi connectivity index (χ1) is 9.20. The molecule has 0 heterocycles. The van der Waals surface area contributed by atoms with Gasteiger partial charge in [-0.25, -0.2) is 0 Å². The molecule has 1 atom stereocenters. The van der Waals surface area contributed by atoms with Crippen molar-refractivity contribution in [3.63, 3.8) is 0 Å². The van der Waals surface area contributed by atoms with Crippen LogP contribution in [0.25, 0.3) is 0 Å². The molecule has 2 aromatic rings. The summed E-state index contributed by atoms with van der Waals surface area (Å²) < 4.78 is 0. The van der Waals surface area contributed by atoms with E-state index in [0.29, 0.717) is 11.8 Å². The molecular formula is C16H15Cl3. The minimum atomic E-state index is 0.335. The fourth-order valence-corrected chi connectivity index (χ4v) is 2.91. The summed E-state index contributed by atoms with van der Waals surface area (Å²) in [6, 6.07) is 16.0. The van der Waals surface area contributed by atoms with Gasteiger partial charge in [-0.15, -0.1) is 11.6 Å². The zero-order valence-corrected chi connectivity index (χ0v) is 12.7. The first kappa shape index (κ1) is 14.7. The lowest BCUT2D eigenvalue weighted by molar-refractivity contribution is 0.584. The van der Waals surface area contributed by atoms with Crippen molar-refractivity contribution in [2.45, 2.75) is 12.8 Å². The average molecular weight is 314 g/mol. The predicted molar refractivity (Wildman–Crippen MR) is 84.5 cm³/mol. The van der Waals surface area contributed by atoms with Crippen LogP contribution in [0.3, 0.4) is 0 Å². The first-order valence-corrected chi connectivity index (χ1v) is 7.52. The summed E-state index contributed by atoms with van der Waals surface area (Å²) >= 11 is 18.5. The van der Waals surface area contributed by atoms with E-state index in [0.717, 1.165) is 28.5 Å². The minimum absolute atomic E-state index is 0.335. The molecule has 3 heteroatoms. The molecule has 0 fully saturated rings. The second kappa shape index (κ2) is 7.19. The summed E-state index contributed by atoms with van der Waals surface area (Å²) in [6.07, 6.45) is 1.74. The van der Waals surface area contributed by atoms with E-state index in [1.165, 1.54) is 5.56 Å². The van der Waals surface area contributed by atoms with E-state index >= 15 is 0 Å². The van der Waals surface area contributed by atoms with Crippen molar-refractivity contribution in [2.75, 3.05) is 5.88 Å². The van der Waals surface area contributed by atoms with Crippen molar-refractivity contribution in [3.8, 4) is 0 Å². The van der Waals surface area contributed by atoms with Crippen LogP contribution in [-0.4, -0.2) is 5.88 Å². The van der Waals surface area contributed by atoms with Crippen LogP contribution in [0.1, 0.15) is 11.1 Å². The fourth-order valence-electron chi connectivity index (χ4n) is 2.14. The van der Waals surface area contributed by atoms with Gasteiger partial charge in [-0.1, -0.05) is 59.6 Å². The lowest BCUT2D eigenvalue weighted by Crippen LogP contribution is -2.10. The van der Waals surface area contributed by atoms with Gasteiger partial charge in [0.2, 0.25) is 0 Å². The van der Waals surface area contributed by atoms with Crippen LogP contribution in [0.4, 0.5) is 0 Å². The van der Waals surface area contributed by atoms with Crippen LogP contribution in [-0.2, 0) is 12.8 Å². The maximum Gasteiger partial charge on any atom is 0.0452 e. The lowest BCUT2D eigenvalue weighted by atomic mass is 9.94. The van der Waals surface area contributed by atoms with Crippen molar-refractivity contribution in [2.24, 2.45) is 5.92 Å². The van der Waals surface area contributed by atoms with E-state index in [-0.39, 0.29) is 0 Å². The third-order valence-electron chi connectivity index (χ3n) is 3.14. The fraction of sp³-hybridized carbons (Fsp3) is 0.250. The van der Waals surface area contributed by atoms with Crippen LogP contribution < -0.4 is 0 Å². The molecule has 0 saturated heterocycles. The largest absolute Gasteiger partial charge is 0.126 e. The predicted octanol–water partition coefficient (Wildman–Crippen LogP) is 5.63. The van der Waals surface area contributed by atoms with Crippen LogP contribution >= 0.6 is 34.8 Å². The standard InChI is InChI=1S/C16H15Cl3/c17-11-13(9-12-5-2-1-3-6-12)10-14-15(18)7-4-8-16(14)19/h1-8,13H,9-11H2. The molecule has 100 valence electrons. The van der Waals surface area contributed by atoms with Gasteiger partial charge >= 0.3 is 0 Å². The third kappa shape index (κ3) is 4.14. The van der Waals surface area contributed by atoms with Crippen LogP contribution in [0.5, 0.6) is 0 Å². The highest BCUT2D eigenvalue weighted by molar-refractivity contribution is 6.36. The molecule has 19 heavy (non-hydrogen) atoms. The van der Waals surface area contributed by atoms with Gasteiger partial charge in [0.1, 0.15) is 0 Å². The highest BCUT2D eigenvalue weighted by Gasteiger charge is 2.14. The van der Waals surface area contributed by atoms with E-state index in [2.05, 4.69) is 12.1 Å². The Kier molecular flexibility index (Phi) is 5.57. The molecule has 0 radical (unpaired) electrons. The summed E-state index contributed by atoms with van der Waals surface area (Å²) in [7, 11) is 0. The zero-order valence-electron chi connectivity index (χ0n) is 10.5. The SMILES string of the molecule is ClCC(Cc1ccccc1)Cc1c(Cl)cccc1Cl. The van der Waals surface area contributed by atoms with E-state index in [1.54, 1.807) is 0 Å². The molecule has 1 unspecified atom stereocenters. The number of hydrogen-bond donors (Lipinski definition) is 0. The highest BCUT2D eigenvalue weighted by atomic mass is 35.5. The Morgan fingerprint density at radius 3 is 2.00 bits per heavy atom. The van der Waals surface area contributed by atoms with Gasteiger partial charge in [-0.3, -0.25) is 0 Å². The molecule has 0 aliphatic carbocycles. The number of alkyl halides is 1. The normalized spacial score (nSPS) is 12.4. The van der Waals surface area contributed by atoms with Gasteiger partial charge in [0.05, 0.1) is 0 Å². The van der Waals surface area contributed by atoms with Gasteiger partial charge in [-0.2, -0.15) is 0 Å². The van der Waals surface area contributed by atoms with Gasteiger partial charge in [-0.05, 0) is 42.0 Å². The smallest absolute Gasteiger partial charge is 0.0452 e. The highest BCUT2D eigenvalue weighted by Crippen LogP contribution is 2.28. The molecule has 2 aromatic carbocycles. The molecule has 0 aromatic heterocycles. The molecule has 0 nitrogen and oxygen atoms in total. The molecule has 0 saturated carbocycles. The van der Waals surface area contributed by atoms with Gasteiger partial charge in [0, 0.05) is 15.9 Å². The second-order valence-electron chi connectivity index (χ2n) is 4.61. The quantitative estimate of drug-likeness (QED) is 0.627. The molecule has 0 N–H and O–H groups in total. The van der Waals surface area contributed by atoms with Crippen LogP contribution in [0.2, 0.25) is 10.0 Å². The van der Waals surface area contributed by atoms with Crippen molar-refractivity contribution >= 4 is 34.8 Å². The molecule has 0 amide bonds. The van der Waals surface area contributed by atoms with Gasteiger partial charge < -0.3 is 0 Å². The molecular weight excluding hydrogens is 299 g/mol. The van der Waals surface area contributed by atoms with Crippen molar-refractivity contribution in [3.05, 3.63) is 69.7 Å². The van der Waals surface area contributed by atoms with Gasteiger partial charge in [0.15, 0.2) is 0 Å². The molecule has 0 spiro atoms.